The van der Waals surface area contributed by atoms with Crippen LogP contribution >= 0.6 is 0 Å². The highest BCUT2D eigenvalue weighted by Gasteiger charge is 2.28. The molecule has 0 spiro atoms. The van der Waals surface area contributed by atoms with Crippen molar-refractivity contribution >= 4 is 6.03 Å². The van der Waals surface area contributed by atoms with E-state index in [1.54, 1.807) is 19.0 Å². The average molecular weight is 185 g/mol. The summed E-state index contributed by atoms with van der Waals surface area (Å²) in [6.07, 6.45) is 0. The summed E-state index contributed by atoms with van der Waals surface area (Å²) in [5.74, 6) is 0. The predicted molar refractivity (Wildman–Crippen MR) is 52.7 cm³/mol. The van der Waals surface area contributed by atoms with Crippen molar-refractivity contribution in [1.82, 2.24) is 15.1 Å². The Hall–Kier alpha value is -0.770. The van der Waals surface area contributed by atoms with E-state index in [1.165, 1.54) is 0 Å². The third-order valence-electron chi connectivity index (χ3n) is 2.66. The first-order valence-corrected chi connectivity index (χ1v) is 4.75. The topological polar surface area (TPSA) is 35.6 Å². The molecule has 1 rings (SSSR count). The first-order chi connectivity index (χ1) is 6.04. The molecule has 0 aliphatic carbocycles. The van der Waals surface area contributed by atoms with E-state index in [4.69, 9.17) is 0 Å². The Balaban J connectivity index is 2.62. The Labute approximate surface area is 79.9 Å². The van der Waals surface area contributed by atoms with Crippen molar-refractivity contribution in [3.8, 4) is 0 Å². The van der Waals surface area contributed by atoms with Gasteiger partial charge in [-0.25, -0.2) is 4.79 Å². The SMILES string of the molecule is CC1NCCN(C(=O)N(C)C)C1C. The lowest BCUT2D eigenvalue weighted by Gasteiger charge is -2.39. The Morgan fingerprint density at radius 1 is 1.46 bits per heavy atom. The standard InChI is InChI=1S/C9H19N3O/c1-7-8(2)12(6-5-10-7)9(13)11(3)4/h7-8,10H,5-6H2,1-4H3. The number of carbonyl (C=O) groups excluding carboxylic acids is 1. The minimum Gasteiger partial charge on any atom is -0.331 e. The third-order valence-corrected chi connectivity index (χ3v) is 2.66. The molecule has 1 N–H and O–H groups in total. The van der Waals surface area contributed by atoms with E-state index in [0.717, 1.165) is 13.1 Å². The van der Waals surface area contributed by atoms with Gasteiger partial charge in [0, 0.05) is 39.3 Å². The lowest BCUT2D eigenvalue weighted by Crippen LogP contribution is -2.59. The van der Waals surface area contributed by atoms with E-state index >= 15 is 0 Å². The van der Waals surface area contributed by atoms with Crippen molar-refractivity contribution in [2.75, 3.05) is 27.2 Å². The summed E-state index contributed by atoms with van der Waals surface area (Å²) in [5.41, 5.74) is 0. The van der Waals surface area contributed by atoms with Gasteiger partial charge in [-0.3, -0.25) is 0 Å². The van der Waals surface area contributed by atoms with Crippen molar-refractivity contribution < 1.29 is 4.79 Å². The van der Waals surface area contributed by atoms with Gasteiger partial charge < -0.3 is 15.1 Å². The van der Waals surface area contributed by atoms with Crippen LogP contribution in [0.2, 0.25) is 0 Å². The molecule has 1 aliphatic heterocycles. The van der Waals surface area contributed by atoms with Crippen LogP contribution in [0.3, 0.4) is 0 Å². The van der Waals surface area contributed by atoms with Crippen molar-refractivity contribution in [3.05, 3.63) is 0 Å². The van der Waals surface area contributed by atoms with Crippen LogP contribution in [0.1, 0.15) is 13.8 Å². The van der Waals surface area contributed by atoms with Gasteiger partial charge in [0.25, 0.3) is 0 Å². The number of urea groups is 1. The maximum Gasteiger partial charge on any atom is 0.319 e. The highest BCUT2D eigenvalue weighted by Crippen LogP contribution is 2.10. The normalized spacial score (nSPS) is 28.8. The second-order valence-corrected chi connectivity index (χ2v) is 3.85. The molecule has 4 heteroatoms. The van der Waals surface area contributed by atoms with Crippen molar-refractivity contribution in [2.24, 2.45) is 0 Å². The van der Waals surface area contributed by atoms with Crippen molar-refractivity contribution in [1.29, 1.82) is 0 Å². The smallest absolute Gasteiger partial charge is 0.319 e. The summed E-state index contributed by atoms with van der Waals surface area (Å²) >= 11 is 0. The lowest BCUT2D eigenvalue weighted by molar-refractivity contribution is 0.124. The van der Waals surface area contributed by atoms with E-state index in [9.17, 15) is 4.79 Å². The fourth-order valence-corrected chi connectivity index (χ4v) is 1.58. The van der Waals surface area contributed by atoms with Crippen LogP contribution in [0.15, 0.2) is 0 Å². The van der Waals surface area contributed by atoms with Gasteiger partial charge >= 0.3 is 6.03 Å². The summed E-state index contributed by atoms with van der Waals surface area (Å²) in [7, 11) is 3.59. The number of amides is 2. The summed E-state index contributed by atoms with van der Waals surface area (Å²) in [6, 6.07) is 0.780. The van der Waals surface area contributed by atoms with Gasteiger partial charge in [-0.1, -0.05) is 0 Å². The average Bonchev–Trinajstić information content (AvgIpc) is 2.08. The highest BCUT2D eigenvalue weighted by molar-refractivity contribution is 5.74. The van der Waals surface area contributed by atoms with Crippen LogP contribution in [0.25, 0.3) is 0 Å². The number of piperazine rings is 1. The Bertz CT molecular complexity index is 193. The molecule has 0 saturated carbocycles. The van der Waals surface area contributed by atoms with Gasteiger partial charge in [0.1, 0.15) is 0 Å². The zero-order valence-electron chi connectivity index (χ0n) is 8.87. The Morgan fingerprint density at radius 2 is 2.08 bits per heavy atom. The second-order valence-electron chi connectivity index (χ2n) is 3.85. The number of nitrogens with one attached hydrogen (secondary N) is 1. The number of carbonyl (C=O) groups is 1. The quantitative estimate of drug-likeness (QED) is 0.591. The molecule has 0 aromatic heterocycles. The van der Waals surface area contributed by atoms with Crippen LogP contribution in [-0.2, 0) is 0 Å². The zero-order valence-corrected chi connectivity index (χ0v) is 8.87. The molecule has 2 atom stereocenters. The molecule has 0 bridgehead atoms. The zero-order chi connectivity index (χ0) is 10.0. The number of nitrogens with zero attached hydrogens (tertiary/aromatic N) is 2. The van der Waals surface area contributed by atoms with Gasteiger partial charge in [0.15, 0.2) is 0 Å². The van der Waals surface area contributed by atoms with Crippen molar-refractivity contribution in [3.63, 3.8) is 0 Å². The largest absolute Gasteiger partial charge is 0.331 e. The first-order valence-electron chi connectivity index (χ1n) is 4.75. The second kappa shape index (κ2) is 3.96. The Kier molecular flexibility index (Phi) is 3.14. The summed E-state index contributed by atoms with van der Waals surface area (Å²) < 4.78 is 0. The van der Waals surface area contributed by atoms with E-state index in [-0.39, 0.29) is 12.1 Å². The van der Waals surface area contributed by atoms with Gasteiger partial charge in [-0.2, -0.15) is 0 Å². The molecule has 1 heterocycles. The molecule has 76 valence electrons. The Morgan fingerprint density at radius 3 is 2.62 bits per heavy atom. The fourth-order valence-electron chi connectivity index (χ4n) is 1.58. The summed E-state index contributed by atoms with van der Waals surface area (Å²) in [5, 5.41) is 3.34. The molecule has 13 heavy (non-hydrogen) atoms. The highest BCUT2D eigenvalue weighted by atomic mass is 16.2. The van der Waals surface area contributed by atoms with E-state index < -0.39 is 0 Å². The van der Waals surface area contributed by atoms with Crippen LogP contribution in [0, 0.1) is 0 Å². The first kappa shape index (κ1) is 10.3. The van der Waals surface area contributed by atoms with Gasteiger partial charge in [-0.05, 0) is 13.8 Å². The number of hydrogen-bond donors (Lipinski definition) is 1. The van der Waals surface area contributed by atoms with E-state index in [2.05, 4.69) is 19.2 Å². The monoisotopic (exact) mass is 185 g/mol. The molecular weight excluding hydrogens is 166 g/mol. The van der Waals surface area contributed by atoms with E-state index in [1.807, 2.05) is 4.90 Å². The van der Waals surface area contributed by atoms with Crippen LogP contribution in [0.5, 0.6) is 0 Å². The van der Waals surface area contributed by atoms with Gasteiger partial charge in [0.05, 0.1) is 0 Å². The maximum absolute atomic E-state index is 11.7. The molecule has 0 aromatic carbocycles. The molecular formula is C9H19N3O. The fraction of sp³-hybridized carbons (Fsp3) is 0.889. The van der Waals surface area contributed by atoms with Gasteiger partial charge in [-0.15, -0.1) is 0 Å². The molecule has 1 aliphatic rings. The molecule has 2 unspecified atom stereocenters. The molecule has 1 saturated heterocycles. The molecule has 1 fully saturated rings. The van der Waals surface area contributed by atoms with Crippen LogP contribution < -0.4 is 5.32 Å². The van der Waals surface area contributed by atoms with E-state index in [0.29, 0.717) is 6.04 Å². The summed E-state index contributed by atoms with van der Waals surface area (Å²) in [6.45, 7) is 5.89. The summed E-state index contributed by atoms with van der Waals surface area (Å²) in [4.78, 5) is 15.2. The minimum absolute atomic E-state index is 0.112. The number of rotatable bonds is 0. The minimum atomic E-state index is 0.112. The van der Waals surface area contributed by atoms with Gasteiger partial charge in [0.2, 0.25) is 0 Å². The molecule has 2 amide bonds. The number of hydrogen-bond acceptors (Lipinski definition) is 2. The third kappa shape index (κ3) is 2.12. The van der Waals surface area contributed by atoms with Crippen LogP contribution in [0.4, 0.5) is 4.79 Å². The van der Waals surface area contributed by atoms with Crippen molar-refractivity contribution in [2.45, 2.75) is 25.9 Å². The predicted octanol–water partition coefficient (Wildman–Crippen LogP) is 0.350. The maximum atomic E-state index is 11.7. The molecule has 0 aromatic rings. The lowest BCUT2D eigenvalue weighted by atomic mass is 10.1. The van der Waals surface area contributed by atoms with Crippen LogP contribution in [-0.4, -0.2) is 55.1 Å². The molecule has 4 nitrogen and oxygen atoms in total. The molecule has 0 radical (unpaired) electrons.